The first-order valence-electron chi connectivity index (χ1n) is 6.22. The topological polar surface area (TPSA) is 43.8 Å². The van der Waals surface area contributed by atoms with Crippen molar-refractivity contribution in [2.24, 2.45) is 0 Å². The van der Waals surface area contributed by atoms with Gasteiger partial charge in [0.05, 0.1) is 27.3 Å². The van der Waals surface area contributed by atoms with Gasteiger partial charge in [-0.3, -0.25) is 0 Å². The summed E-state index contributed by atoms with van der Waals surface area (Å²) in [5.74, 6) is 0.622. The standard InChI is InChI=1S/C13H15ClF3N3/c1-4-6(2)20-7(3)19-9-5-8(13(15,16)17)10(14)11(18)12(9)20/h5-6H,4,18H2,1-3H3. The maximum absolute atomic E-state index is 12.9. The van der Waals surface area contributed by atoms with Crippen LogP contribution < -0.4 is 5.73 Å². The molecule has 110 valence electrons. The van der Waals surface area contributed by atoms with Gasteiger partial charge in [0, 0.05) is 6.04 Å². The maximum atomic E-state index is 12.9. The van der Waals surface area contributed by atoms with Gasteiger partial charge in [-0.25, -0.2) is 4.98 Å². The van der Waals surface area contributed by atoms with Crippen molar-refractivity contribution in [3.63, 3.8) is 0 Å². The Kier molecular flexibility index (Phi) is 3.62. The number of nitrogens with two attached hydrogens (primary N) is 1. The van der Waals surface area contributed by atoms with E-state index in [1.807, 2.05) is 18.4 Å². The minimum Gasteiger partial charge on any atom is -0.396 e. The smallest absolute Gasteiger partial charge is 0.396 e. The Balaban J connectivity index is 2.84. The molecule has 1 aromatic carbocycles. The lowest BCUT2D eigenvalue weighted by Gasteiger charge is -2.17. The Bertz CT molecular complexity index is 661. The molecule has 0 radical (unpaired) electrons. The summed E-state index contributed by atoms with van der Waals surface area (Å²) in [5.41, 5.74) is 5.50. The third-order valence-electron chi connectivity index (χ3n) is 3.46. The highest BCUT2D eigenvalue weighted by molar-refractivity contribution is 6.35. The number of imidazole rings is 1. The maximum Gasteiger partial charge on any atom is 0.418 e. The number of nitrogen functional groups attached to an aromatic ring is 1. The number of rotatable bonds is 2. The molecule has 0 amide bonds. The number of alkyl halides is 3. The van der Waals surface area contributed by atoms with Gasteiger partial charge in [-0.2, -0.15) is 13.2 Å². The molecule has 7 heteroatoms. The van der Waals surface area contributed by atoms with Gasteiger partial charge < -0.3 is 10.3 Å². The minimum atomic E-state index is -4.55. The van der Waals surface area contributed by atoms with E-state index >= 15 is 0 Å². The van der Waals surface area contributed by atoms with E-state index in [1.54, 1.807) is 6.92 Å². The van der Waals surface area contributed by atoms with Crippen molar-refractivity contribution in [1.82, 2.24) is 9.55 Å². The van der Waals surface area contributed by atoms with Crippen LogP contribution in [0.1, 0.15) is 37.7 Å². The Labute approximate surface area is 119 Å². The molecule has 2 N–H and O–H groups in total. The minimum absolute atomic E-state index is 0.0719. The highest BCUT2D eigenvalue weighted by Crippen LogP contribution is 2.42. The van der Waals surface area contributed by atoms with Gasteiger partial charge in [-0.1, -0.05) is 18.5 Å². The van der Waals surface area contributed by atoms with Gasteiger partial charge in [0.25, 0.3) is 0 Å². The van der Waals surface area contributed by atoms with E-state index in [0.717, 1.165) is 12.5 Å². The number of halogens is 4. The van der Waals surface area contributed by atoms with Crippen LogP contribution in [-0.2, 0) is 6.18 Å². The number of hydrogen-bond donors (Lipinski definition) is 1. The van der Waals surface area contributed by atoms with Crippen LogP contribution in [0.4, 0.5) is 18.9 Å². The van der Waals surface area contributed by atoms with E-state index in [4.69, 9.17) is 17.3 Å². The zero-order valence-corrected chi connectivity index (χ0v) is 12.1. The highest BCUT2D eigenvalue weighted by Gasteiger charge is 2.35. The molecule has 2 aromatic rings. The van der Waals surface area contributed by atoms with Crippen molar-refractivity contribution in [2.75, 3.05) is 5.73 Å². The molecule has 0 aliphatic rings. The summed E-state index contributed by atoms with van der Waals surface area (Å²) in [6, 6.07) is 1.04. The second-order valence-electron chi connectivity index (χ2n) is 4.80. The van der Waals surface area contributed by atoms with Crippen molar-refractivity contribution in [3.05, 3.63) is 22.5 Å². The summed E-state index contributed by atoms with van der Waals surface area (Å²) >= 11 is 5.80. The van der Waals surface area contributed by atoms with Gasteiger partial charge in [0.1, 0.15) is 5.82 Å². The Hall–Kier alpha value is -1.43. The highest BCUT2D eigenvalue weighted by atomic mass is 35.5. The number of anilines is 1. The molecule has 1 heterocycles. The predicted octanol–water partition coefficient (Wildman–Crippen LogP) is 4.57. The normalized spacial score (nSPS) is 13.9. The molecular weight excluding hydrogens is 291 g/mol. The molecule has 1 aromatic heterocycles. The van der Waals surface area contributed by atoms with Gasteiger partial charge in [0.2, 0.25) is 0 Å². The van der Waals surface area contributed by atoms with Crippen LogP contribution in [0.25, 0.3) is 11.0 Å². The molecule has 0 aliphatic carbocycles. The Morgan fingerprint density at radius 1 is 1.45 bits per heavy atom. The van der Waals surface area contributed by atoms with Gasteiger partial charge >= 0.3 is 6.18 Å². The first-order valence-corrected chi connectivity index (χ1v) is 6.60. The van der Waals surface area contributed by atoms with E-state index in [2.05, 4.69) is 4.98 Å². The van der Waals surface area contributed by atoms with Crippen LogP contribution in [0.3, 0.4) is 0 Å². The largest absolute Gasteiger partial charge is 0.418 e. The van der Waals surface area contributed by atoms with Crippen LogP contribution in [0.2, 0.25) is 5.02 Å². The quantitative estimate of drug-likeness (QED) is 0.826. The van der Waals surface area contributed by atoms with Crippen molar-refractivity contribution in [1.29, 1.82) is 0 Å². The second kappa shape index (κ2) is 4.84. The molecule has 1 unspecified atom stereocenters. The van der Waals surface area contributed by atoms with E-state index in [0.29, 0.717) is 11.3 Å². The lowest BCUT2D eigenvalue weighted by atomic mass is 10.1. The summed E-state index contributed by atoms with van der Waals surface area (Å²) in [6.45, 7) is 5.68. The first-order chi connectivity index (χ1) is 9.18. The summed E-state index contributed by atoms with van der Waals surface area (Å²) in [5, 5.41) is -0.463. The van der Waals surface area contributed by atoms with Crippen molar-refractivity contribution in [2.45, 2.75) is 39.4 Å². The average molecular weight is 306 g/mol. The van der Waals surface area contributed by atoms with Gasteiger partial charge in [-0.15, -0.1) is 0 Å². The first kappa shape index (κ1) is 15.0. The summed E-state index contributed by atoms with van der Waals surface area (Å²) in [4.78, 5) is 4.18. The van der Waals surface area contributed by atoms with Gasteiger partial charge in [0.15, 0.2) is 0 Å². The summed E-state index contributed by atoms with van der Waals surface area (Å²) in [6.07, 6.45) is -3.74. The molecular formula is C13H15ClF3N3. The van der Waals surface area contributed by atoms with Crippen LogP contribution in [-0.4, -0.2) is 9.55 Å². The van der Waals surface area contributed by atoms with Crippen molar-refractivity contribution < 1.29 is 13.2 Å². The SMILES string of the molecule is CCC(C)n1c(C)nc2cc(C(F)(F)F)c(Cl)c(N)c21. The Morgan fingerprint density at radius 2 is 2.05 bits per heavy atom. The van der Waals surface area contributed by atoms with Crippen LogP contribution in [0.15, 0.2) is 6.07 Å². The monoisotopic (exact) mass is 305 g/mol. The Morgan fingerprint density at radius 3 is 2.55 bits per heavy atom. The third-order valence-corrected chi connectivity index (χ3v) is 3.87. The molecule has 0 saturated heterocycles. The molecule has 3 nitrogen and oxygen atoms in total. The van der Waals surface area contributed by atoms with Crippen molar-refractivity contribution >= 4 is 28.3 Å². The molecule has 0 bridgehead atoms. The number of nitrogens with zero attached hydrogens (tertiary/aromatic N) is 2. The number of fused-ring (bicyclic) bond motifs is 1. The predicted molar refractivity (Wildman–Crippen MR) is 73.9 cm³/mol. The van der Waals surface area contributed by atoms with Crippen LogP contribution in [0.5, 0.6) is 0 Å². The lowest BCUT2D eigenvalue weighted by Crippen LogP contribution is -2.10. The van der Waals surface area contributed by atoms with Crippen LogP contribution >= 0.6 is 11.6 Å². The van der Waals surface area contributed by atoms with Crippen LogP contribution in [0, 0.1) is 6.92 Å². The molecule has 0 aliphatic heterocycles. The van der Waals surface area contributed by atoms with Crippen molar-refractivity contribution in [3.8, 4) is 0 Å². The molecule has 1 atom stereocenters. The molecule has 2 rings (SSSR count). The summed E-state index contributed by atoms with van der Waals surface area (Å²) in [7, 11) is 0. The zero-order chi connectivity index (χ0) is 15.2. The number of aryl methyl sites for hydroxylation is 1. The van der Waals surface area contributed by atoms with Gasteiger partial charge in [-0.05, 0) is 26.3 Å². The second-order valence-corrected chi connectivity index (χ2v) is 5.18. The zero-order valence-electron chi connectivity index (χ0n) is 11.3. The number of hydrogen-bond acceptors (Lipinski definition) is 2. The third kappa shape index (κ3) is 2.22. The molecule has 0 spiro atoms. The number of benzene rings is 1. The van der Waals surface area contributed by atoms with E-state index < -0.39 is 16.8 Å². The summed E-state index contributed by atoms with van der Waals surface area (Å²) < 4.78 is 40.6. The fourth-order valence-electron chi connectivity index (χ4n) is 2.31. The molecule has 0 fully saturated rings. The molecule has 20 heavy (non-hydrogen) atoms. The van der Waals surface area contributed by atoms with E-state index in [1.165, 1.54) is 0 Å². The fourth-order valence-corrected chi connectivity index (χ4v) is 2.56. The van der Waals surface area contributed by atoms with E-state index in [-0.39, 0.29) is 17.2 Å². The fraction of sp³-hybridized carbons (Fsp3) is 0.462. The molecule has 0 saturated carbocycles. The lowest BCUT2D eigenvalue weighted by molar-refractivity contribution is -0.137. The number of aromatic nitrogens is 2. The average Bonchev–Trinajstić information content (AvgIpc) is 2.68. The van der Waals surface area contributed by atoms with E-state index in [9.17, 15) is 13.2 Å².